The third-order valence-corrected chi connectivity index (χ3v) is 4.36. The van der Waals surface area contributed by atoms with Crippen LogP contribution in [0.15, 0.2) is 17.2 Å². The summed E-state index contributed by atoms with van der Waals surface area (Å²) in [4.78, 5) is 16.6. The zero-order valence-corrected chi connectivity index (χ0v) is 13.6. The van der Waals surface area contributed by atoms with Crippen LogP contribution in [0.25, 0.3) is 0 Å². The minimum atomic E-state index is 0.0156. The molecule has 1 heterocycles. The molecule has 1 aliphatic rings. The van der Waals surface area contributed by atoms with Gasteiger partial charge in [0, 0.05) is 25.0 Å². The van der Waals surface area contributed by atoms with Crippen molar-refractivity contribution in [3.05, 3.63) is 22.7 Å². The predicted molar refractivity (Wildman–Crippen MR) is 87.6 cm³/mol. The summed E-state index contributed by atoms with van der Waals surface area (Å²) in [6.45, 7) is 7.25. The molecule has 0 aromatic carbocycles. The maximum Gasteiger partial charge on any atom is 0.293 e. The van der Waals surface area contributed by atoms with E-state index in [9.17, 15) is 4.79 Å². The van der Waals surface area contributed by atoms with Gasteiger partial charge in [0.2, 0.25) is 0 Å². The Kier molecular flexibility index (Phi) is 5.83. The molecule has 0 atom stereocenters. The Labute approximate surface area is 128 Å². The fourth-order valence-electron chi connectivity index (χ4n) is 3.28. The van der Waals surface area contributed by atoms with E-state index in [1.54, 1.807) is 17.0 Å². The quantitative estimate of drug-likeness (QED) is 0.870. The zero-order chi connectivity index (χ0) is 15.2. The van der Waals surface area contributed by atoms with Gasteiger partial charge < -0.3 is 9.88 Å². The van der Waals surface area contributed by atoms with E-state index in [2.05, 4.69) is 31.1 Å². The van der Waals surface area contributed by atoms with Crippen molar-refractivity contribution in [1.29, 1.82) is 0 Å². The number of nitrogens with zero attached hydrogens (tertiary/aromatic N) is 2. The summed E-state index contributed by atoms with van der Waals surface area (Å²) < 4.78 is 1.77. The molecule has 1 aromatic heterocycles. The van der Waals surface area contributed by atoms with Crippen molar-refractivity contribution in [2.45, 2.75) is 71.9 Å². The standard InChI is InChI=1S/C17H29N3O/c1-4-5-14-6-8-15(9-7-14)19-16-17(21)20(11-10-18-16)12-13(2)3/h10-11,13-15H,4-9,12H2,1-3H3,(H,18,19). The number of hydrogen-bond donors (Lipinski definition) is 1. The van der Waals surface area contributed by atoms with Crippen LogP contribution >= 0.6 is 0 Å². The second-order valence-corrected chi connectivity index (χ2v) is 6.78. The van der Waals surface area contributed by atoms with Gasteiger partial charge in [-0.25, -0.2) is 4.98 Å². The van der Waals surface area contributed by atoms with E-state index in [4.69, 9.17) is 0 Å². The smallest absolute Gasteiger partial charge is 0.293 e. The van der Waals surface area contributed by atoms with Crippen LogP contribution in [-0.2, 0) is 6.54 Å². The van der Waals surface area contributed by atoms with E-state index in [0.29, 0.717) is 17.8 Å². The average Bonchev–Trinajstić information content (AvgIpc) is 2.45. The molecule has 0 amide bonds. The summed E-state index contributed by atoms with van der Waals surface area (Å²) in [6, 6.07) is 0.410. The van der Waals surface area contributed by atoms with Crippen LogP contribution in [0.2, 0.25) is 0 Å². The van der Waals surface area contributed by atoms with Gasteiger partial charge >= 0.3 is 0 Å². The van der Waals surface area contributed by atoms with Crippen LogP contribution in [0.4, 0.5) is 5.82 Å². The van der Waals surface area contributed by atoms with E-state index >= 15 is 0 Å². The van der Waals surface area contributed by atoms with E-state index in [-0.39, 0.29) is 5.56 Å². The molecular formula is C17H29N3O. The Balaban J connectivity index is 1.96. The lowest BCUT2D eigenvalue weighted by Gasteiger charge is -2.29. The summed E-state index contributed by atoms with van der Waals surface area (Å²) in [5, 5.41) is 3.38. The molecule has 1 saturated carbocycles. The second kappa shape index (κ2) is 7.62. The van der Waals surface area contributed by atoms with Crippen LogP contribution in [0.1, 0.15) is 59.3 Å². The van der Waals surface area contributed by atoms with Crippen molar-refractivity contribution in [3.8, 4) is 0 Å². The molecular weight excluding hydrogens is 262 g/mol. The SMILES string of the molecule is CCCC1CCC(Nc2nccn(CC(C)C)c2=O)CC1. The maximum atomic E-state index is 12.4. The second-order valence-electron chi connectivity index (χ2n) is 6.78. The highest BCUT2D eigenvalue weighted by Gasteiger charge is 2.21. The fourth-order valence-corrected chi connectivity index (χ4v) is 3.28. The maximum absolute atomic E-state index is 12.4. The first-order valence-corrected chi connectivity index (χ1v) is 8.42. The van der Waals surface area contributed by atoms with Crippen LogP contribution in [0.5, 0.6) is 0 Å². The Morgan fingerprint density at radius 2 is 2.05 bits per heavy atom. The van der Waals surface area contributed by atoms with Gasteiger partial charge in [-0.05, 0) is 37.5 Å². The summed E-state index contributed by atoms with van der Waals surface area (Å²) >= 11 is 0. The fraction of sp³-hybridized carbons (Fsp3) is 0.765. The molecule has 0 aliphatic heterocycles. The third-order valence-electron chi connectivity index (χ3n) is 4.36. The summed E-state index contributed by atoms with van der Waals surface area (Å²) in [5.41, 5.74) is 0.0156. The topological polar surface area (TPSA) is 46.9 Å². The molecule has 2 rings (SSSR count). The van der Waals surface area contributed by atoms with E-state index in [1.807, 2.05) is 0 Å². The van der Waals surface area contributed by atoms with Gasteiger partial charge in [-0.15, -0.1) is 0 Å². The Bertz CT molecular complexity index is 487. The minimum Gasteiger partial charge on any atom is -0.363 e. The Morgan fingerprint density at radius 3 is 2.67 bits per heavy atom. The molecule has 0 spiro atoms. The predicted octanol–water partition coefficient (Wildman–Crippen LogP) is 3.67. The minimum absolute atomic E-state index is 0.0156. The highest BCUT2D eigenvalue weighted by atomic mass is 16.1. The summed E-state index contributed by atoms with van der Waals surface area (Å²) in [7, 11) is 0. The first kappa shape index (κ1) is 16.1. The van der Waals surface area contributed by atoms with Crippen molar-refractivity contribution in [2.24, 2.45) is 11.8 Å². The normalized spacial score (nSPS) is 22.5. The molecule has 1 fully saturated rings. The largest absolute Gasteiger partial charge is 0.363 e. The van der Waals surface area contributed by atoms with Crippen molar-refractivity contribution >= 4 is 5.82 Å². The number of nitrogens with one attached hydrogen (secondary N) is 1. The first-order valence-electron chi connectivity index (χ1n) is 8.42. The highest BCUT2D eigenvalue weighted by molar-refractivity contribution is 5.32. The van der Waals surface area contributed by atoms with Gasteiger partial charge in [-0.2, -0.15) is 0 Å². The monoisotopic (exact) mass is 291 g/mol. The van der Waals surface area contributed by atoms with Crippen LogP contribution in [0.3, 0.4) is 0 Å². The lowest BCUT2D eigenvalue weighted by Crippen LogP contribution is -2.32. The van der Waals surface area contributed by atoms with Crippen molar-refractivity contribution in [3.63, 3.8) is 0 Å². The molecule has 1 aliphatic carbocycles. The van der Waals surface area contributed by atoms with Gasteiger partial charge in [0.1, 0.15) is 0 Å². The van der Waals surface area contributed by atoms with Crippen molar-refractivity contribution < 1.29 is 0 Å². The van der Waals surface area contributed by atoms with Gasteiger partial charge in [0.25, 0.3) is 5.56 Å². The van der Waals surface area contributed by atoms with Crippen LogP contribution in [-0.4, -0.2) is 15.6 Å². The average molecular weight is 291 g/mol. The molecule has 118 valence electrons. The third kappa shape index (κ3) is 4.58. The molecule has 4 heteroatoms. The van der Waals surface area contributed by atoms with Gasteiger partial charge in [0.15, 0.2) is 5.82 Å². The Morgan fingerprint density at radius 1 is 1.33 bits per heavy atom. The molecule has 4 nitrogen and oxygen atoms in total. The lowest BCUT2D eigenvalue weighted by atomic mass is 9.83. The van der Waals surface area contributed by atoms with Crippen molar-refractivity contribution in [1.82, 2.24) is 9.55 Å². The highest BCUT2D eigenvalue weighted by Crippen LogP contribution is 2.28. The molecule has 1 N–H and O–H groups in total. The molecule has 0 radical (unpaired) electrons. The number of aromatic nitrogens is 2. The van der Waals surface area contributed by atoms with Gasteiger partial charge in [-0.1, -0.05) is 33.6 Å². The van der Waals surface area contributed by atoms with Gasteiger partial charge in [-0.3, -0.25) is 4.79 Å². The summed E-state index contributed by atoms with van der Waals surface area (Å²) in [5.74, 6) is 1.87. The van der Waals surface area contributed by atoms with Crippen LogP contribution in [0, 0.1) is 11.8 Å². The molecule has 1 aromatic rings. The number of rotatable bonds is 6. The Hall–Kier alpha value is -1.32. The summed E-state index contributed by atoms with van der Waals surface area (Å²) in [6.07, 6.45) is 11.0. The molecule has 0 bridgehead atoms. The molecule has 21 heavy (non-hydrogen) atoms. The molecule has 0 unspecified atom stereocenters. The first-order chi connectivity index (χ1) is 10.1. The number of hydrogen-bond acceptors (Lipinski definition) is 3. The van der Waals surface area contributed by atoms with Gasteiger partial charge in [0.05, 0.1) is 0 Å². The molecule has 0 saturated heterocycles. The number of anilines is 1. The van der Waals surface area contributed by atoms with Crippen LogP contribution < -0.4 is 10.9 Å². The van der Waals surface area contributed by atoms with Crippen molar-refractivity contribution in [2.75, 3.05) is 5.32 Å². The lowest BCUT2D eigenvalue weighted by molar-refractivity contribution is 0.318. The van der Waals surface area contributed by atoms with E-state index < -0.39 is 0 Å². The zero-order valence-electron chi connectivity index (χ0n) is 13.6. The van der Waals surface area contributed by atoms with E-state index in [0.717, 1.165) is 25.3 Å². The van der Waals surface area contributed by atoms with E-state index in [1.165, 1.54) is 25.7 Å².